The Morgan fingerprint density at radius 3 is 2.59 bits per heavy atom. The zero-order chi connectivity index (χ0) is 13.0. The molecule has 9 heteroatoms. The smallest absolute Gasteiger partial charge is 0.423 e. The number of rotatable bonds is 2. The summed E-state index contributed by atoms with van der Waals surface area (Å²) in [4.78, 5) is 25.2. The Morgan fingerprint density at radius 1 is 1.41 bits per heavy atom. The number of halogens is 3. The molecule has 0 bridgehead atoms. The topological polar surface area (TPSA) is 88.5 Å². The first-order chi connectivity index (χ1) is 7.90. The van der Waals surface area contributed by atoms with Gasteiger partial charge >= 0.3 is 12.2 Å². The summed E-state index contributed by atoms with van der Waals surface area (Å²) in [5.74, 6) is -0.00847. The summed E-state index contributed by atoms with van der Waals surface area (Å²) in [6.45, 7) is 0. The van der Waals surface area contributed by atoms with E-state index in [-0.39, 0.29) is 9.62 Å². The van der Waals surface area contributed by atoms with E-state index in [1.165, 1.54) is 11.4 Å². The molecule has 0 saturated heterocycles. The third kappa shape index (κ3) is 4.60. The van der Waals surface area contributed by atoms with Crippen LogP contribution >= 0.6 is 47.8 Å². The molecule has 2 amide bonds. The molecule has 0 radical (unpaired) electrons. The maximum Gasteiger partial charge on any atom is 0.423 e. The van der Waals surface area contributed by atoms with E-state index in [2.05, 4.69) is 57.5 Å². The molecule has 0 spiro atoms. The van der Waals surface area contributed by atoms with Gasteiger partial charge in [0.15, 0.2) is 0 Å². The normalized spacial score (nSPS) is 10.1. The fourth-order valence-corrected chi connectivity index (χ4v) is 2.62. The summed E-state index contributed by atoms with van der Waals surface area (Å²) >= 11 is 9.76. The number of carbonyl (C=O) groups excluding carboxylic acids is 1. The van der Waals surface area contributed by atoms with Crippen LogP contribution in [0, 0.1) is 0 Å². The van der Waals surface area contributed by atoms with E-state index in [0.29, 0.717) is 10.2 Å². The fraction of sp³-hybridized carbons (Fsp3) is 0.125. The lowest BCUT2D eigenvalue weighted by molar-refractivity contribution is 0.176. The number of carbonyl (C=O) groups is 2. The van der Waals surface area contributed by atoms with Gasteiger partial charge in [-0.2, -0.15) is 0 Å². The number of hydrogen-bond acceptors (Lipinski definition) is 4. The Hall–Kier alpha value is -0.670. The van der Waals surface area contributed by atoms with Crippen molar-refractivity contribution in [2.75, 3.05) is 0 Å². The molecule has 1 aromatic rings. The van der Waals surface area contributed by atoms with Gasteiger partial charge in [-0.1, -0.05) is 31.9 Å². The standard InChI is InChI=1S/C8H5Br3N2O4/c9-3-1-2-4(12-5(3)6(10)11)17-8(16)13-7(14)15/h1-2,6H,(H,13,16)(H,14,15). The van der Waals surface area contributed by atoms with Crippen molar-refractivity contribution in [2.45, 2.75) is 3.74 Å². The zero-order valence-electron chi connectivity index (χ0n) is 7.99. The molecule has 0 aliphatic carbocycles. The highest BCUT2D eigenvalue weighted by Crippen LogP contribution is 2.34. The Labute approximate surface area is 121 Å². The van der Waals surface area contributed by atoms with E-state index in [9.17, 15) is 9.59 Å². The molecule has 1 aromatic heterocycles. The van der Waals surface area contributed by atoms with Gasteiger partial charge in [0.25, 0.3) is 0 Å². The van der Waals surface area contributed by atoms with Crippen molar-refractivity contribution in [1.29, 1.82) is 0 Å². The van der Waals surface area contributed by atoms with E-state index in [4.69, 9.17) is 5.11 Å². The lowest BCUT2D eigenvalue weighted by Crippen LogP contribution is -2.31. The van der Waals surface area contributed by atoms with Gasteiger partial charge in [0.1, 0.15) is 3.74 Å². The van der Waals surface area contributed by atoms with Gasteiger partial charge in [-0.15, -0.1) is 0 Å². The number of ether oxygens (including phenoxy) is 1. The lowest BCUT2D eigenvalue weighted by atomic mass is 10.4. The van der Waals surface area contributed by atoms with E-state index >= 15 is 0 Å². The lowest BCUT2D eigenvalue weighted by Gasteiger charge is -2.07. The molecule has 17 heavy (non-hydrogen) atoms. The summed E-state index contributed by atoms with van der Waals surface area (Å²) in [6, 6.07) is 3.05. The van der Waals surface area contributed by atoms with Crippen LogP contribution < -0.4 is 10.1 Å². The summed E-state index contributed by atoms with van der Waals surface area (Å²) in [5, 5.41) is 9.83. The molecule has 6 nitrogen and oxygen atoms in total. The second-order valence-corrected chi connectivity index (χ2v) is 6.55. The average molecular weight is 433 g/mol. The summed E-state index contributed by atoms with van der Waals surface area (Å²) in [5.41, 5.74) is 0.561. The molecule has 0 saturated carbocycles. The number of nitrogens with one attached hydrogen (secondary N) is 1. The van der Waals surface area contributed by atoms with E-state index in [1.807, 2.05) is 0 Å². The third-order valence-corrected chi connectivity index (χ3v) is 3.00. The Bertz CT molecular complexity index is 452. The van der Waals surface area contributed by atoms with Crippen LogP contribution in [0.3, 0.4) is 0 Å². The van der Waals surface area contributed by atoms with Gasteiger partial charge < -0.3 is 9.84 Å². The van der Waals surface area contributed by atoms with Gasteiger partial charge in [-0.25, -0.2) is 19.9 Å². The van der Waals surface area contributed by atoms with E-state index in [0.717, 1.165) is 0 Å². The first kappa shape index (κ1) is 14.4. The number of aromatic nitrogens is 1. The molecule has 0 fully saturated rings. The van der Waals surface area contributed by atoms with Crippen molar-refractivity contribution < 1.29 is 19.4 Å². The first-order valence-corrected chi connectivity index (χ1v) is 6.69. The average Bonchev–Trinajstić information content (AvgIpc) is 2.19. The summed E-state index contributed by atoms with van der Waals surface area (Å²) in [7, 11) is 0. The Morgan fingerprint density at radius 2 is 2.06 bits per heavy atom. The van der Waals surface area contributed by atoms with Crippen molar-refractivity contribution >= 4 is 60.0 Å². The van der Waals surface area contributed by atoms with Crippen molar-refractivity contribution in [3.8, 4) is 5.88 Å². The van der Waals surface area contributed by atoms with E-state index < -0.39 is 12.2 Å². The summed E-state index contributed by atoms with van der Waals surface area (Å²) in [6.07, 6.45) is -2.61. The number of carboxylic acid groups (broad SMARTS) is 1. The molecule has 2 N–H and O–H groups in total. The monoisotopic (exact) mass is 430 g/mol. The van der Waals surface area contributed by atoms with Crippen molar-refractivity contribution in [3.05, 3.63) is 22.3 Å². The molecular weight excluding hydrogens is 428 g/mol. The second kappa shape index (κ2) is 6.31. The van der Waals surface area contributed by atoms with Crippen molar-refractivity contribution in [1.82, 2.24) is 10.3 Å². The van der Waals surface area contributed by atoms with Crippen LogP contribution in [0.25, 0.3) is 0 Å². The predicted octanol–water partition coefficient (Wildman–Crippen LogP) is 3.40. The van der Waals surface area contributed by atoms with Crippen LogP contribution in [0.2, 0.25) is 0 Å². The summed E-state index contributed by atoms with van der Waals surface area (Å²) < 4.78 is 5.15. The minimum atomic E-state index is -1.49. The minimum Gasteiger partial charge on any atom is -0.465 e. The molecule has 0 atom stereocenters. The van der Waals surface area contributed by atoms with E-state index in [1.54, 1.807) is 6.07 Å². The number of nitrogens with zero attached hydrogens (tertiary/aromatic N) is 1. The van der Waals surface area contributed by atoms with Gasteiger partial charge in [0.05, 0.1) is 5.69 Å². The largest absolute Gasteiger partial charge is 0.465 e. The van der Waals surface area contributed by atoms with Gasteiger partial charge in [0, 0.05) is 10.5 Å². The number of alkyl halides is 2. The maximum absolute atomic E-state index is 11.0. The quantitative estimate of drug-likeness (QED) is 0.699. The highest BCUT2D eigenvalue weighted by molar-refractivity contribution is 9.24. The Balaban J connectivity index is 2.82. The number of amides is 2. The van der Waals surface area contributed by atoms with Crippen LogP contribution in [-0.4, -0.2) is 22.3 Å². The van der Waals surface area contributed by atoms with Crippen LogP contribution in [0.1, 0.15) is 9.43 Å². The van der Waals surface area contributed by atoms with Gasteiger partial charge in [0.2, 0.25) is 5.88 Å². The molecule has 0 aromatic carbocycles. The fourth-order valence-electron chi connectivity index (χ4n) is 0.857. The first-order valence-electron chi connectivity index (χ1n) is 4.06. The highest BCUT2D eigenvalue weighted by Gasteiger charge is 2.14. The molecule has 0 unspecified atom stereocenters. The third-order valence-electron chi connectivity index (χ3n) is 1.46. The van der Waals surface area contributed by atoms with Crippen molar-refractivity contribution in [3.63, 3.8) is 0 Å². The Kier molecular flexibility index (Phi) is 5.34. The van der Waals surface area contributed by atoms with Crippen LogP contribution in [0.4, 0.5) is 9.59 Å². The number of imide groups is 1. The highest BCUT2D eigenvalue weighted by atomic mass is 79.9. The predicted molar refractivity (Wildman–Crippen MR) is 69.7 cm³/mol. The maximum atomic E-state index is 11.0. The van der Waals surface area contributed by atoms with Gasteiger partial charge in [-0.05, 0) is 22.0 Å². The molecule has 0 aliphatic heterocycles. The zero-order valence-corrected chi connectivity index (χ0v) is 12.7. The molecule has 0 aliphatic rings. The van der Waals surface area contributed by atoms with Crippen LogP contribution in [0.15, 0.2) is 16.6 Å². The van der Waals surface area contributed by atoms with Gasteiger partial charge in [-0.3, -0.25) is 0 Å². The second-order valence-electron chi connectivity index (χ2n) is 2.64. The molecule has 92 valence electrons. The molecule has 1 rings (SSSR count). The SMILES string of the molecule is O=C(O)NC(=O)Oc1ccc(Br)c(C(Br)Br)n1. The van der Waals surface area contributed by atoms with Crippen LogP contribution in [-0.2, 0) is 0 Å². The number of pyridine rings is 1. The van der Waals surface area contributed by atoms with Crippen molar-refractivity contribution in [2.24, 2.45) is 0 Å². The molecular formula is C8H5Br3N2O4. The molecule has 1 heterocycles. The van der Waals surface area contributed by atoms with Crippen LogP contribution in [0.5, 0.6) is 5.88 Å². The minimum absolute atomic E-state index is 0.00847. The number of hydrogen-bond donors (Lipinski definition) is 2.